The molecule has 2 saturated carbocycles. The monoisotopic (exact) mass is 224 g/mol. The van der Waals surface area contributed by atoms with Gasteiger partial charge in [0.2, 0.25) is 5.91 Å². The third-order valence-electron chi connectivity index (χ3n) is 4.28. The fraction of sp³-hybridized carbons (Fsp3) is 0.923. The predicted molar refractivity (Wildman–Crippen MR) is 65.0 cm³/mol. The van der Waals surface area contributed by atoms with Gasteiger partial charge >= 0.3 is 0 Å². The lowest BCUT2D eigenvalue weighted by Crippen LogP contribution is -2.56. The van der Waals surface area contributed by atoms with E-state index in [4.69, 9.17) is 5.73 Å². The summed E-state index contributed by atoms with van der Waals surface area (Å²) in [6.07, 6.45) is 9.12. The lowest BCUT2D eigenvalue weighted by molar-refractivity contribution is -0.137. The minimum absolute atomic E-state index is 0.180. The Balaban J connectivity index is 1.88. The number of carbonyl (C=O) groups excluding carboxylic acids is 1. The standard InChI is InChI=1S/C13H24N2O/c1-15(10-11-6-5-7-11)12(16)13(14)8-3-2-4-9-13/h11H,2-10,14H2,1H3. The molecule has 2 aliphatic rings. The van der Waals surface area contributed by atoms with Crippen LogP contribution in [0.15, 0.2) is 0 Å². The molecule has 2 rings (SSSR count). The first-order valence-corrected chi connectivity index (χ1v) is 6.66. The molecule has 3 nitrogen and oxygen atoms in total. The van der Waals surface area contributed by atoms with Crippen LogP contribution in [0.1, 0.15) is 51.4 Å². The summed E-state index contributed by atoms with van der Waals surface area (Å²) in [5.74, 6) is 0.917. The van der Waals surface area contributed by atoms with Gasteiger partial charge in [-0.05, 0) is 31.6 Å². The summed E-state index contributed by atoms with van der Waals surface area (Å²) >= 11 is 0. The Morgan fingerprint density at radius 2 is 1.88 bits per heavy atom. The van der Waals surface area contributed by atoms with Crippen molar-refractivity contribution in [2.24, 2.45) is 11.7 Å². The molecule has 1 amide bonds. The van der Waals surface area contributed by atoms with Gasteiger partial charge in [-0.15, -0.1) is 0 Å². The highest BCUT2D eigenvalue weighted by Crippen LogP contribution is 2.30. The van der Waals surface area contributed by atoms with Gasteiger partial charge in [-0.1, -0.05) is 25.7 Å². The van der Waals surface area contributed by atoms with Gasteiger partial charge in [-0.2, -0.15) is 0 Å². The van der Waals surface area contributed by atoms with E-state index in [2.05, 4.69) is 0 Å². The molecule has 0 saturated heterocycles. The quantitative estimate of drug-likeness (QED) is 0.796. The smallest absolute Gasteiger partial charge is 0.242 e. The van der Waals surface area contributed by atoms with Gasteiger partial charge in [0, 0.05) is 13.6 Å². The van der Waals surface area contributed by atoms with Gasteiger partial charge in [0.1, 0.15) is 0 Å². The van der Waals surface area contributed by atoms with E-state index in [0.29, 0.717) is 0 Å². The molecule has 2 N–H and O–H groups in total. The highest BCUT2D eigenvalue weighted by Gasteiger charge is 2.37. The van der Waals surface area contributed by atoms with Crippen molar-refractivity contribution in [1.82, 2.24) is 4.90 Å². The number of amides is 1. The van der Waals surface area contributed by atoms with Crippen molar-refractivity contribution in [1.29, 1.82) is 0 Å². The van der Waals surface area contributed by atoms with Crippen molar-refractivity contribution in [3.63, 3.8) is 0 Å². The lowest BCUT2D eigenvalue weighted by Gasteiger charge is -2.38. The van der Waals surface area contributed by atoms with E-state index in [1.165, 1.54) is 25.7 Å². The van der Waals surface area contributed by atoms with Gasteiger partial charge in [-0.25, -0.2) is 0 Å². The molecule has 0 unspecified atom stereocenters. The van der Waals surface area contributed by atoms with E-state index in [0.717, 1.165) is 38.1 Å². The first-order chi connectivity index (χ1) is 7.62. The Morgan fingerprint density at radius 1 is 1.25 bits per heavy atom. The molecule has 3 heteroatoms. The molecule has 0 aromatic heterocycles. The van der Waals surface area contributed by atoms with Crippen molar-refractivity contribution in [3.8, 4) is 0 Å². The molecule has 92 valence electrons. The van der Waals surface area contributed by atoms with Crippen LogP contribution in [0.5, 0.6) is 0 Å². The maximum atomic E-state index is 12.3. The highest BCUT2D eigenvalue weighted by molar-refractivity contribution is 5.86. The molecule has 0 aromatic carbocycles. The van der Waals surface area contributed by atoms with Crippen LogP contribution < -0.4 is 5.73 Å². The SMILES string of the molecule is CN(CC1CCC1)C(=O)C1(N)CCCCC1. The predicted octanol–water partition coefficient (Wildman–Crippen LogP) is 1.91. The fourth-order valence-electron chi connectivity index (χ4n) is 2.92. The number of hydrogen-bond donors (Lipinski definition) is 1. The average molecular weight is 224 g/mol. The van der Waals surface area contributed by atoms with Crippen molar-refractivity contribution < 1.29 is 4.79 Å². The van der Waals surface area contributed by atoms with Crippen LogP contribution in [0.3, 0.4) is 0 Å². The highest BCUT2D eigenvalue weighted by atomic mass is 16.2. The molecule has 16 heavy (non-hydrogen) atoms. The lowest BCUT2D eigenvalue weighted by atomic mass is 9.80. The number of hydrogen-bond acceptors (Lipinski definition) is 2. The van der Waals surface area contributed by atoms with Crippen LogP contribution >= 0.6 is 0 Å². The molecule has 2 fully saturated rings. The molecule has 2 aliphatic carbocycles. The summed E-state index contributed by atoms with van der Waals surface area (Å²) < 4.78 is 0. The van der Waals surface area contributed by atoms with Crippen LogP contribution in [0.25, 0.3) is 0 Å². The Kier molecular flexibility index (Phi) is 3.53. The normalized spacial score (nSPS) is 24.9. The topological polar surface area (TPSA) is 46.3 Å². The molecule has 0 radical (unpaired) electrons. The van der Waals surface area contributed by atoms with Crippen molar-refractivity contribution in [3.05, 3.63) is 0 Å². The molecule has 0 spiro atoms. The van der Waals surface area contributed by atoms with Gasteiger partial charge in [0.05, 0.1) is 5.54 Å². The average Bonchev–Trinajstić information content (AvgIpc) is 2.23. The van der Waals surface area contributed by atoms with Crippen LogP contribution in [-0.4, -0.2) is 29.9 Å². The van der Waals surface area contributed by atoms with Gasteiger partial charge in [-0.3, -0.25) is 4.79 Å². The summed E-state index contributed by atoms with van der Waals surface area (Å²) in [5, 5.41) is 0. The second-order valence-electron chi connectivity index (χ2n) is 5.70. The van der Waals surface area contributed by atoms with Crippen LogP contribution in [0.2, 0.25) is 0 Å². The molecular formula is C13H24N2O. The van der Waals surface area contributed by atoms with Crippen molar-refractivity contribution in [2.75, 3.05) is 13.6 Å². The Hall–Kier alpha value is -0.570. The second kappa shape index (κ2) is 4.74. The summed E-state index contributed by atoms with van der Waals surface area (Å²) in [7, 11) is 1.92. The first-order valence-electron chi connectivity index (χ1n) is 6.66. The zero-order valence-electron chi connectivity index (χ0n) is 10.4. The summed E-state index contributed by atoms with van der Waals surface area (Å²) in [5.41, 5.74) is 5.70. The minimum Gasteiger partial charge on any atom is -0.344 e. The number of likely N-dealkylation sites (N-methyl/N-ethyl adjacent to an activating group) is 1. The summed E-state index contributed by atoms with van der Waals surface area (Å²) in [4.78, 5) is 14.2. The van der Waals surface area contributed by atoms with Crippen molar-refractivity contribution >= 4 is 5.91 Å². The fourth-order valence-corrected chi connectivity index (χ4v) is 2.92. The van der Waals surface area contributed by atoms with Gasteiger partial charge < -0.3 is 10.6 Å². The van der Waals surface area contributed by atoms with Crippen LogP contribution in [0.4, 0.5) is 0 Å². The zero-order chi connectivity index (χ0) is 11.6. The van der Waals surface area contributed by atoms with Crippen molar-refractivity contribution in [2.45, 2.75) is 56.9 Å². The number of rotatable bonds is 3. The first kappa shape index (κ1) is 11.9. The van der Waals surface area contributed by atoms with Gasteiger partial charge in [0.25, 0.3) is 0 Å². The maximum Gasteiger partial charge on any atom is 0.242 e. The molecule has 0 aliphatic heterocycles. The largest absolute Gasteiger partial charge is 0.344 e. The molecule has 0 bridgehead atoms. The third-order valence-corrected chi connectivity index (χ3v) is 4.28. The van der Waals surface area contributed by atoms with E-state index < -0.39 is 5.54 Å². The van der Waals surface area contributed by atoms with Gasteiger partial charge in [0.15, 0.2) is 0 Å². The molecule has 0 atom stereocenters. The number of nitrogens with zero attached hydrogens (tertiary/aromatic N) is 1. The second-order valence-corrected chi connectivity index (χ2v) is 5.70. The Morgan fingerprint density at radius 3 is 2.38 bits per heavy atom. The van der Waals surface area contributed by atoms with Crippen LogP contribution in [0, 0.1) is 5.92 Å². The van der Waals surface area contributed by atoms with E-state index in [-0.39, 0.29) is 5.91 Å². The third kappa shape index (κ3) is 2.40. The van der Waals surface area contributed by atoms with E-state index in [1.807, 2.05) is 11.9 Å². The zero-order valence-corrected chi connectivity index (χ0v) is 10.4. The molecular weight excluding hydrogens is 200 g/mol. The number of nitrogens with two attached hydrogens (primary N) is 1. The number of carbonyl (C=O) groups is 1. The Bertz CT molecular complexity index is 255. The van der Waals surface area contributed by atoms with E-state index >= 15 is 0 Å². The van der Waals surface area contributed by atoms with E-state index in [9.17, 15) is 4.79 Å². The summed E-state index contributed by atoms with van der Waals surface area (Å²) in [6, 6.07) is 0. The Labute approximate surface area is 98.4 Å². The van der Waals surface area contributed by atoms with Crippen LogP contribution in [-0.2, 0) is 4.79 Å². The van der Waals surface area contributed by atoms with E-state index in [1.54, 1.807) is 0 Å². The molecule has 0 aromatic rings. The summed E-state index contributed by atoms with van der Waals surface area (Å²) in [6.45, 7) is 0.914. The maximum absolute atomic E-state index is 12.3. The molecule has 0 heterocycles. The minimum atomic E-state index is -0.545.